The molecule has 1 atom stereocenters. The van der Waals surface area contributed by atoms with Gasteiger partial charge in [0.15, 0.2) is 0 Å². The Morgan fingerprint density at radius 2 is 2.44 bits per heavy atom. The number of hydrogen-bond donors (Lipinski definition) is 1. The topological polar surface area (TPSA) is 29.1 Å². The van der Waals surface area contributed by atoms with Crippen molar-refractivity contribution in [1.29, 1.82) is 0 Å². The van der Waals surface area contributed by atoms with Crippen molar-refractivity contribution in [3.8, 4) is 0 Å². The number of carbonyl (C=O) groups is 1. The van der Waals surface area contributed by atoms with Crippen LogP contribution in [0.2, 0.25) is 0 Å². The number of amides is 1. The molecule has 0 aromatic carbocycles. The molecule has 0 spiro atoms. The second kappa shape index (κ2) is 2.01. The van der Waals surface area contributed by atoms with Crippen LogP contribution in [0.15, 0.2) is 0 Å². The van der Waals surface area contributed by atoms with E-state index in [0.29, 0.717) is 6.42 Å². The first kappa shape index (κ1) is 6.59. The summed E-state index contributed by atoms with van der Waals surface area (Å²) < 4.78 is 0. The SMILES string of the molecule is CCC1(C)CCC(=O)N1. The first-order valence-corrected chi connectivity index (χ1v) is 3.47. The molecule has 2 nitrogen and oxygen atoms in total. The van der Waals surface area contributed by atoms with Crippen LogP contribution in [0.3, 0.4) is 0 Å². The Morgan fingerprint density at radius 1 is 1.78 bits per heavy atom. The van der Waals surface area contributed by atoms with E-state index in [4.69, 9.17) is 0 Å². The maximum absolute atomic E-state index is 10.7. The normalized spacial score (nSPS) is 34.7. The number of nitrogens with one attached hydrogen (secondary N) is 1. The Bertz CT molecular complexity index is 133. The van der Waals surface area contributed by atoms with Gasteiger partial charge in [0.25, 0.3) is 0 Å². The Kier molecular flexibility index (Phi) is 1.47. The highest BCUT2D eigenvalue weighted by Gasteiger charge is 2.30. The second-order valence-electron chi connectivity index (χ2n) is 2.96. The van der Waals surface area contributed by atoms with Gasteiger partial charge < -0.3 is 5.32 Å². The number of rotatable bonds is 1. The quantitative estimate of drug-likeness (QED) is 0.560. The first-order valence-electron chi connectivity index (χ1n) is 3.47. The molecule has 1 heterocycles. The van der Waals surface area contributed by atoms with E-state index in [1.54, 1.807) is 0 Å². The van der Waals surface area contributed by atoms with Crippen molar-refractivity contribution >= 4 is 5.91 Å². The lowest BCUT2D eigenvalue weighted by Crippen LogP contribution is -2.37. The van der Waals surface area contributed by atoms with Gasteiger partial charge in [0, 0.05) is 12.0 Å². The Balaban J connectivity index is 2.54. The fourth-order valence-electron chi connectivity index (χ4n) is 1.12. The fraction of sp³-hybridized carbons (Fsp3) is 0.857. The third-order valence-corrected chi connectivity index (χ3v) is 2.13. The van der Waals surface area contributed by atoms with Crippen molar-refractivity contribution in [2.75, 3.05) is 0 Å². The molecule has 1 aliphatic heterocycles. The van der Waals surface area contributed by atoms with Crippen LogP contribution in [-0.2, 0) is 4.79 Å². The van der Waals surface area contributed by atoms with Gasteiger partial charge in [0.1, 0.15) is 0 Å². The molecule has 0 saturated carbocycles. The lowest BCUT2D eigenvalue weighted by atomic mass is 9.98. The molecule has 1 rings (SSSR count). The summed E-state index contributed by atoms with van der Waals surface area (Å²) in [6.45, 7) is 4.20. The molecular formula is C7H13NO. The predicted molar refractivity (Wildman–Crippen MR) is 36.1 cm³/mol. The van der Waals surface area contributed by atoms with E-state index in [1.165, 1.54) is 0 Å². The van der Waals surface area contributed by atoms with Gasteiger partial charge in [-0.3, -0.25) is 4.79 Å². The van der Waals surface area contributed by atoms with Crippen molar-refractivity contribution in [3.05, 3.63) is 0 Å². The maximum atomic E-state index is 10.7. The highest BCUT2D eigenvalue weighted by atomic mass is 16.2. The number of carbonyl (C=O) groups excluding carboxylic acids is 1. The van der Waals surface area contributed by atoms with Gasteiger partial charge in [-0.15, -0.1) is 0 Å². The van der Waals surface area contributed by atoms with Gasteiger partial charge in [0.05, 0.1) is 0 Å². The predicted octanol–water partition coefficient (Wildman–Crippen LogP) is 1.07. The summed E-state index contributed by atoms with van der Waals surface area (Å²) >= 11 is 0. The molecule has 0 aromatic rings. The molecule has 1 unspecified atom stereocenters. The highest BCUT2D eigenvalue weighted by molar-refractivity contribution is 5.79. The zero-order valence-electron chi connectivity index (χ0n) is 6.03. The third-order valence-electron chi connectivity index (χ3n) is 2.13. The van der Waals surface area contributed by atoms with Crippen LogP contribution in [0, 0.1) is 0 Å². The summed E-state index contributed by atoms with van der Waals surface area (Å²) in [5.74, 6) is 0.208. The van der Waals surface area contributed by atoms with Gasteiger partial charge in [-0.2, -0.15) is 0 Å². The zero-order chi connectivity index (χ0) is 6.91. The molecular weight excluding hydrogens is 114 g/mol. The van der Waals surface area contributed by atoms with Crippen LogP contribution >= 0.6 is 0 Å². The van der Waals surface area contributed by atoms with Gasteiger partial charge in [-0.1, -0.05) is 6.92 Å². The monoisotopic (exact) mass is 127 g/mol. The molecule has 0 aliphatic carbocycles. The van der Waals surface area contributed by atoms with Gasteiger partial charge >= 0.3 is 0 Å². The largest absolute Gasteiger partial charge is 0.351 e. The van der Waals surface area contributed by atoms with Crippen LogP contribution in [0.4, 0.5) is 0 Å². The van der Waals surface area contributed by atoms with Crippen molar-refractivity contribution in [1.82, 2.24) is 5.32 Å². The number of hydrogen-bond acceptors (Lipinski definition) is 1. The molecule has 1 aliphatic rings. The van der Waals surface area contributed by atoms with Crippen LogP contribution < -0.4 is 5.32 Å². The van der Waals surface area contributed by atoms with E-state index >= 15 is 0 Å². The summed E-state index contributed by atoms with van der Waals surface area (Å²) in [5.41, 5.74) is 0.108. The summed E-state index contributed by atoms with van der Waals surface area (Å²) in [6.07, 6.45) is 2.76. The Morgan fingerprint density at radius 3 is 2.67 bits per heavy atom. The molecule has 1 N–H and O–H groups in total. The van der Waals surface area contributed by atoms with Crippen LogP contribution in [0.25, 0.3) is 0 Å². The van der Waals surface area contributed by atoms with Crippen molar-refractivity contribution < 1.29 is 4.79 Å². The van der Waals surface area contributed by atoms with E-state index in [1.807, 2.05) is 0 Å². The summed E-state index contributed by atoms with van der Waals surface area (Å²) in [4.78, 5) is 10.7. The lowest BCUT2D eigenvalue weighted by Gasteiger charge is -2.20. The molecule has 2 heteroatoms. The summed E-state index contributed by atoms with van der Waals surface area (Å²) in [5, 5.41) is 2.94. The molecule has 1 amide bonds. The summed E-state index contributed by atoms with van der Waals surface area (Å²) in [7, 11) is 0. The molecule has 1 fully saturated rings. The second-order valence-corrected chi connectivity index (χ2v) is 2.96. The van der Waals surface area contributed by atoms with Crippen molar-refractivity contribution in [2.24, 2.45) is 0 Å². The standard InChI is InChI=1S/C7H13NO/c1-3-7(2)5-4-6(9)8-7/h3-5H2,1-2H3,(H,8,9). The molecule has 1 saturated heterocycles. The van der Waals surface area contributed by atoms with E-state index in [9.17, 15) is 4.79 Å². The van der Waals surface area contributed by atoms with Crippen LogP contribution in [-0.4, -0.2) is 11.4 Å². The Labute approximate surface area is 55.6 Å². The first-order chi connectivity index (χ1) is 4.16. The third kappa shape index (κ3) is 1.23. The van der Waals surface area contributed by atoms with Crippen molar-refractivity contribution in [3.63, 3.8) is 0 Å². The van der Waals surface area contributed by atoms with Crippen LogP contribution in [0.1, 0.15) is 33.1 Å². The van der Waals surface area contributed by atoms with Gasteiger partial charge in [0.2, 0.25) is 5.91 Å². The fourth-order valence-corrected chi connectivity index (χ4v) is 1.12. The van der Waals surface area contributed by atoms with Gasteiger partial charge in [-0.05, 0) is 19.8 Å². The van der Waals surface area contributed by atoms with E-state index in [-0.39, 0.29) is 11.4 Å². The minimum Gasteiger partial charge on any atom is -0.351 e. The minimum absolute atomic E-state index is 0.108. The van der Waals surface area contributed by atoms with Crippen LogP contribution in [0.5, 0.6) is 0 Å². The minimum atomic E-state index is 0.108. The molecule has 0 aromatic heterocycles. The smallest absolute Gasteiger partial charge is 0.220 e. The van der Waals surface area contributed by atoms with E-state index < -0.39 is 0 Å². The average Bonchev–Trinajstić information content (AvgIpc) is 2.13. The molecule has 0 radical (unpaired) electrons. The van der Waals surface area contributed by atoms with Crippen molar-refractivity contribution in [2.45, 2.75) is 38.6 Å². The maximum Gasteiger partial charge on any atom is 0.220 e. The Hall–Kier alpha value is -0.530. The molecule has 0 bridgehead atoms. The molecule has 9 heavy (non-hydrogen) atoms. The lowest BCUT2D eigenvalue weighted by molar-refractivity contribution is -0.119. The molecule has 52 valence electrons. The van der Waals surface area contributed by atoms with E-state index in [2.05, 4.69) is 19.2 Å². The average molecular weight is 127 g/mol. The van der Waals surface area contributed by atoms with E-state index in [0.717, 1.165) is 12.8 Å². The highest BCUT2D eigenvalue weighted by Crippen LogP contribution is 2.21. The zero-order valence-corrected chi connectivity index (χ0v) is 6.03. The summed E-state index contributed by atoms with van der Waals surface area (Å²) in [6, 6.07) is 0. The van der Waals surface area contributed by atoms with Gasteiger partial charge in [-0.25, -0.2) is 0 Å².